The number of rotatable bonds is 1. The first-order valence-corrected chi connectivity index (χ1v) is 4.04. The minimum Gasteiger partial charge on any atom is -0.465 e. The van der Waals surface area contributed by atoms with E-state index in [-0.39, 0.29) is 11.4 Å². The summed E-state index contributed by atoms with van der Waals surface area (Å²) in [6.07, 6.45) is 0.844. The van der Waals surface area contributed by atoms with E-state index in [4.69, 9.17) is 4.74 Å². The van der Waals surface area contributed by atoms with E-state index < -0.39 is 0 Å². The second kappa shape index (κ2) is 2.29. The van der Waals surface area contributed by atoms with E-state index in [1.165, 1.54) is 0 Å². The summed E-state index contributed by atoms with van der Waals surface area (Å²) in [4.78, 5) is 10.9. The minimum absolute atomic E-state index is 0.0700. The van der Waals surface area contributed by atoms with Crippen molar-refractivity contribution < 1.29 is 9.53 Å². The number of ether oxygens (including phenoxy) is 1. The monoisotopic (exact) mass is 192 g/mol. The van der Waals surface area contributed by atoms with Crippen molar-refractivity contribution in [3.8, 4) is 0 Å². The molecule has 1 aliphatic heterocycles. The van der Waals surface area contributed by atoms with Crippen LogP contribution in [0.2, 0.25) is 0 Å². The average Bonchev–Trinajstić information content (AvgIpc) is 2.15. The molecule has 0 aromatic rings. The standard InChI is InChI=1S/C6H9BrO2/c1-6(4-7)2-3-9-5(6)8/h2-4H2,1H3/t6-/m1/s1. The molecule has 1 aliphatic rings. The maximum atomic E-state index is 10.9. The molecule has 3 heteroatoms. The highest BCUT2D eigenvalue weighted by Crippen LogP contribution is 2.30. The van der Waals surface area contributed by atoms with Crippen molar-refractivity contribution in [1.29, 1.82) is 0 Å². The zero-order valence-electron chi connectivity index (χ0n) is 5.32. The van der Waals surface area contributed by atoms with Gasteiger partial charge in [0.15, 0.2) is 0 Å². The quantitative estimate of drug-likeness (QED) is 0.463. The Balaban J connectivity index is 2.67. The van der Waals surface area contributed by atoms with Crippen molar-refractivity contribution in [2.45, 2.75) is 13.3 Å². The average molecular weight is 193 g/mol. The van der Waals surface area contributed by atoms with E-state index in [2.05, 4.69) is 15.9 Å². The molecule has 0 aliphatic carbocycles. The Morgan fingerprint density at radius 2 is 2.56 bits per heavy atom. The Bertz CT molecular complexity index is 135. The second-order valence-electron chi connectivity index (χ2n) is 2.58. The van der Waals surface area contributed by atoms with Crippen molar-refractivity contribution in [3.05, 3.63) is 0 Å². The molecule has 1 fully saturated rings. The van der Waals surface area contributed by atoms with Crippen molar-refractivity contribution in [2.75, 3.05) is 11.9 Å². The van der Waals surface area contributed by atoms with Crippen LogP contribution in [0.15, 0.2) is 0 Å². The Hall–Kier alpha value is -0.0500. The van der Waals surface area contributed by atoms with Crippen LogP contribution in [0.4, 0.5) is 0 Å². The maximum absolute atomic E-state index is 10.9. The predicted molar refractivity (Wildman–Crippen MR) is 37.5 cm³/mol. The summed E-state index contributed by atoms with van der Waals surface area (Å²) in [5, 5.41) is 0.707. The van der Waals surface area contributed by atoms with Gasteiger partial charge in [0.05, 0.1) is 12.0 Å². The van der Waals surface area contributed by atoms with Gasteiger partial charge in [0.1, 0.15) is 0 Å². The van der Waals surface area contributed by atoms with Crippen LogP contribution < -0.4 is 0 Å². The lowest BCUT2D eigenvalue weighted by Crippen LogP contribution is -2.23. The van der Waals surface area contributed by atoms with Crippen molar-refractivity contribution in [2.24, 2.45) is 5.41 Å². The van der Waals surface area contributed by atoms with Crippen molar-refractivity contribution in [3.63, 3.8) is 0 Å². The number of carbonyl (C=O) groups is 1. The molecular weight excluding hydrogens is 184 g/mol. The fourth-order valence-corrected chi connectivity index (χ4v) is 1.28. The first-order chi connectivity index (χ1) is 4.19. The fraction of sp³-hybridized carbons (Fsp3) is 0.833. The molecule has 1 saturated heterocycles. The smallest absolute Gasteiger partial charge is 0.312 e. The molecule has 1 heterocycles. The molecule has 0 bridgehead atoms. The third-order valence-corrected chi connectivity index (χ3v) is 2.91. The SMILES string of the molecule is C[C@]1(CBr)CCOC1=O. The van der Waals surface area contributed by atoms with Gasteiger partial charge in [0, 0.05) is 5.33 Å². The fourth-order valence-electron chi connectivity index (χ4n) is 0.767. The number of hydrogen-bond donors (Lipinski definition) is 0. The summed E-state index contributed by atoms with van der Waals surface area (Å²) in [5.41, 5.74) is -0.250. The lowest BCUT2D eigenvalue weighted by molar-refractivity contribution is -0.144. The summed E-state index contributed by atoms with van der Waals surface area (Å²) in [6.45, 7) is 2.50. The number of alkyl halides is 1. The highest BCUT2D eigenvalue weighted by molar-refractivity contribution is 9.09. The number of esters is 1. The summed E-state index contributed by atoms with van der Waals surface area (Å²) in [7, 11) is 0. The molecule has 0 spiro atoms. The summed E-state index contributed by atoms with van der Waals surface area (Å²) >= 11 is 3.27. The second-order valence-corrected chi connectivity index (χ2v) is 3.14. The van der Waals surface area contributed by atoms with Crippen LogP contribution in [0, 0.1) is 5.41 Å². The highest BCUT2D eigenvalue weighted by atomic mass is 79.9. The predicted octanol–water partition coefficient (Wildman–Crippen LogP) is 1.33. The highest BCUT2D eigenvalue weighted by Gasteiger charge is 2.38. The molecule has 0 aromatic heterocycles. The topological polar surface area (TPSA) is 26.3 Å². The van der Waals surface area contributed by atoms with Gasteiger partial charge in [-0.25, -0.2) is 0 Å². The Morgan fingerprint density at radius 1 is 1.89 bits per heavy atom. The van der Waals surface area contributed by atoms with Crippen LogP contribution in [0.3, 0.4) is 0 Å². The summed E-state index contributed by atoms with van der Waals surface area (Å²) < 4.78 is 4.79. The lowest BCUT2D eigenvalue weighted by atomic mass is 9.92. The number of halogens is 1. The van der Waals surface area contributed by atoms with Crippen LogP contribution in [0.25, 0.3) is 0 Å². The molecular formula is C6H9BrO2. The van der Waals surface area contributed by atoms with E-state index in [0.717, 1.165) is 6.42 Å². The lowest BCUT2D eigenvalue weighted by Gasteiger charge is -2.12. The molecule has 1 atom stereocenters. The summed E-state index contributed by atoms with van der Waals surface area (Å²) in [5.74, 6) is -0.0700. The van der Waals surface area contributed by atoms with Gasteiger partial charge in [-0.1, -0.05) is 15.9 Å². The third kappa shape index (κ3) is 1.11. The van der Waals surface area contributed by atoms with Gasteiger partial charge < -0.3 is 4.74 Å². The van der Waals surface area contributed by atoms with E-state index in [1.54, 1.807) is 0 Å². The first-order valence-electron chi connectivity index (χ1n) is 2.92. The molecule has 0 unspecified atom stereocenters. The van der Waals surface area contributed by atoms with Crippen LogP contribution in [0.1, 0.15) is 13.3 Å². The number of cyclic esters (lactones) is 1. The molecule has 0 radical (unpaired) electrons. The van der Waals surface area contributed by atoms with Gasteiger partial charge in [-0.3, -0.25) is 4.79 Å². The molecule has 1 rings (SSSR count). The van der Waals surface area contributed by atoms with Crippen LogP contribution in [-0.2, 0) is 9.53 Å². The Labute approximate surface area is 62.7 Å². The molecule has 0 amide bonds. The van der Waals surface area contributed by atoms with Gasteiger partial charge in [-0.05, 0) is 13.3 Å². The third-order valence-electron chi connectivity index (χ3n) is 1.67. The molecule has 52 valence electrons. The van der Waals surface area contributed by atoms with Gasteiger partial charge in [-0.2, -0.15) is 0 Å². The van der Waals surface area contributed by atoms with Gasteiger partial charge >= 0.3 is 5.97 Å². The molecule has 0 saturated carbocycles. The van der Waals surface area contributed by atoms with Crippen LogP contribution >= 0.6 is 15.9 Å². The van der Waals surface area contributed by atoms with Gasteiger partial charge in [0.2, 0.25) is 0 Å². The zero-order chi connectivity index (χ0) is 6.91. The normalized spacial score (nSPS) is 34.7. The summed E-state index contributed by atoms with van der Waals surface area (Å²) in [6, 6.07) is 0. The van der Waals surface area contributed by atoms with Gasteiger partial charge in [-0.15, -0.1) is 0 Å². The molecule has 0 aromatic carbocycles. The first kappa shape index (κ1) is 7.06. The Morgan fingerprint density at radius 3 is 2.78 bits per heavy atom. The van der Waals surface area contributed by atoms with E-state index >= 15 is 0 Å². The molecule has 9 heavy (non-hydrogen) atoms. The van der Waals surface area contributed by atoms with E-state index in [1.807, 2.05) is 6.92 Å². The van der Waals surface area contributed by atoms with Gasteiger partial charge in [0.25, 0.3) is 0 Å². The minimum atomic E-state index is -0.250. The number of hydrogen-bond acceptors (Lipinski definition) is 2. The molecule has 0 N–H and O–H groups in total. The number of carbonyl (C=O) groups excluding carboxylic acids is 1. The van der Waals surface area contributed by atoms with Crippen LogP contribution in [-0.4, -0.2) is 17.9 Å². The maximum Gasteiger partial charge on any atom is 0.312 e. The van der Waals surface area contributed by atoms with Crippen molar-refractivity contribution in [1.82, 2.24) is 0 Å². The van der Waals surface area contributed by atoms with Crippen LogP contribution in [0.5, 0.6) is 0 Å². The van der Waals surface area contributed by atoms with E-state index in [0.29, 0.717) is 11.9 Å². The van der Waals surface area contributed by atoms with Crippen molar-refractivity contribution >= 4 is 21.9 Å². The van der Waals surface area contributed by atoms with E-state index in [9.17, 15) is 4.79 Å². The Kier molecular flexibility index (Phi) is 1.80. The largest absolute Gasteiger partial charge is 0.465 e. The molecule has 2 nitrogen and oxygen atoms in total. The zero-order valence-corrected chi connectivity index (χ0v) is 6.90.